The molecule has 1 aromatic carbocycles. The lowest BCUT2D eigenvalue weighted by atomic mass is 9.88. The maximum atomic E-state index is 17.2. The molecule has 1 aliphatic carbocycles. The van der Waals surface area contributed by atoms with E-state index in [2.05, 4.69) is 47.5 Å². The molecule has 15 unspecified atom stereocenters. The highest BCUT2D eigenvalue weighted by atomic mass is 19.1. The monoisotopic (exact) mass is 2150 g/mol. The predicted octanol–water partition coefficient (Wildman–Crippen LogP) is -10.6. The number of halogens is 1. The lowest BCUT2D eigenvalue weighted by Gasteiger charge is -2.51. The normalized spacial score (nSPS) is 35.3. The van der Waals surface area contributed by atoms with Crippen LogP contribution in [-0.2, 0) is 154 Å². The van der Waals surface area contributed by atoms with Gasteiger partial charge in [-0.15, -0.1) is 5.10 Å². The van der Waals surface area contributed by atoms with E-state index in [4.69, 9.17) is 94.7 Å². The maximum Gasteiger partial charge on any atom is 0.408 e. The Labute approximate surface area is 856 Å². The molecule has 57 heteroatoms. The number of aliphatic hydroxyl groups is 18. The van der Waals surface area contributed by atoms with Gasteiger partial charge in [-0.3, -0.25) is 33.6 Å². The molecule has 1 aromatic heterocycles. The first-order valence-electron chi connectivity index (χ1n) is 50.0. The lowest BCUT2D eigenvalue weighted by molar-refractivity contribution is -0.450. The Bertz CT molecular complexity index is 4350. The molecular weight excluding hydrogens is 2000 g/mol. The first-order chi connectivity index (χ1) is 71.5. The minimum Gasteiger partial charge on any atom is -0.445 e. The summed E-state index contributed by atoms with van der Waals surface area (Å²) in [4.78, 5) is 104. The molecule has 10 rings (SSSR count). The van der Waals surface area contributed by atoms with Crippen LogP contribution in [0.4, 0.5) is 9.18 Å². The van der Waals surface area contributed by atoms with E-state index in [9.17, 15) is 130 Å². The minimum absolute atomic E-state index is 0.0152. The fourth-order valence-electron chi connectivity index (χ4n) is 18.3. The molecule has 0 spiro atoms. The quantitative estimate of drug-likeness (QED) is 0.0166. The summed E-state index contributed by atoms with van der Waals surface area (Å²) >= 11 is 0. The number of nitrogens with one attached hydrogen (secondary N) is 7. The number of methoxy groups -OCH3 is 2. The molecule has 7 amide bonds. The number of aliphatic hydroxyl groups excluding tert-OH is 18. The van der Waals surface area contributed by atoms with Gasteiger partial charge >= 0.3 is 12.1 Å². The molecule has 37 atom stereocenters. The fourth-order valence-corrected chi connectivity index (χ4v) is 18.3. The number of unbranched alkanes of at least 4 members (excludes halogenated alkanes) is 4. The second kappa shape index (κ2) is 61.1. The molecule has 56 nitrogen and oxygen atoms in total. The van der Waals surface area contributed by atoms with Gasteiger partial charge < -0.3 is 224 Å². The van der Waals surface area contributed by atoms with Gasteiger partial charge in [0.25, 0.3) is 12.4 Å². The zero-order chi connectivity index (χ0) is 108. The van der Waals surface area contributed by atoms with Gasteiger partial charge in [0.2, 0.25) is 35.2 Å². The second-order valence-corrected chi connectivity index (χ2v) is 37.3. The van der Waals surface area contributed by atoms with Crippen LogP contribution in [-0.4, -0.2) is 496 Å². The Morgan fingerprint density at radius 2 is 1.11 bits per heavy atom. The van der Waals surface area contributed by atoms with Crippen LogP contribution in [0.5, 0.6) is 0 Å². The van der Waals surface area contributed by atoms with Crippen LogP contribution in [0.2, 0.25) is 0 Å². The molecule has 8 aliphatic rings. The van der Waals surface area contributed by atoms with Gasteiger partial charge in [0.1, 0.15) is 159 Å². The Balaban J connectivity index is 0.680. The van der Waals surface area contributed by atoms with Crippen molar-refractivity contribution in [2.45, 2.75) is 350 Å². The van der Waals surface area contributed by atoms with Crippen LogP contribution in [0, 0.1) is 5.92 Å². The van der Waals surface area contributed by atoms with Gasteiger partial charge in [-0.25, -0.2) is 13.9 Å². The molecule has 7 fully saturated rings. The highest BCUT2D eigenvalue weighted by molar-refractivity contribution is 5.90. The lowest BCUT2D eigenvalue weighted by Crippen LogP contribution is -2.70. The fraction of sp³-hybridized carbons (Fsp3) is 0.826. The summed E-state index contributed by atoms with van der Waals surface area (Å²) in [6.45, 7) is -0.979. The van der Waals surface area contributed by atoms with Gasteiger partial charge in [0, 0.05) is 66.1 Å². The molecular formula is C92H149FN10O46. The summed E-state index contributed by atoms with van der Waals surface area (Å²) in [5.74, 6) is -7.92. The molecule has 0 bridgehead atoms. The smallest absolute Gasteiger partial charge is 0.408 e. The third-order valence-electron chi connectivity index (χ3n) is 26.7. The Kier molecular flexibility index (Phi) is 50.5. The topological polar surface area (TPSA) is 800 Å². The maximum absolute atomic E-state index is 17.2. The summed E-state index contributed by atoms with van der Waals surface area (Å²) in [5, 5.41) is 229. The molecule has 850 valence electrons. The number of aromatic nitrogens is 3. The van der Waals surface area contributed by atoms with E-state index in [1.54, 1.807) is 24.3 Å². The Morgan fingerprint density at radius 1 is 0.550 bits per heavy atom. The van der Waals surface area contributed by atoms with E-state index in [0.29, 0.717) is 44.3 Å². The largest absolute Gasteiger partial charge is 0.445 e. The number of fused-ring (bicyclic) bond motifs is 1. The van der Waals surface area contributed by atoms with Gasteiger partial charge in [0.15, 0.2) is 37.7 Å². The van der Waals surface area contributed by atoms with Crippen LogP contribution in [0.3, 0.4) is 0 Å². The number of hydrogen-bond acceptors (Lipinski definition) is 48. The number of benzene rings is 1. The average Bonchev–Trinajstić information content (AvgIpc) is 1.67. The van der Waals surface area contributed by atoms with E-state index in [1.165, 1.54) is 18.7 Å². The number of rotatable bonds is 58. The molecule has 8 heterocycles. The van der Waals surface area contributed by atoms with Crippen molar-refractivity contribution in [3.8, 4) is 0 Å². The first kappa shape index (κ1) is 123. The summed E-state index contributed by atoms with van der Waals surface area (Å²) in [6, 6.07) is 6.13. The number of nitrogens with zero attached hydrogens (tertiary/aromatic N) is 3. The zero-order valence-electron chi connectivity index (χ0n) is 83.4. The number of hydrogen-bond donors (Lipinski definition) is 25. The minimum atomic E-state index is -2.99. The summed E-state index contributed by atoms with van der Waals surface area (Å²) < 4.78 is 135. The van der Waals surface area contributed by atoms with Crippen LogP contribution in [0.25, 0.3) is 0 Å². The average molecular weight is 2150 g/mol. The second-order valence-electron chi connectivity index (χ2n) is 37.3. The van der Waals surface area contributed by atoms with Gasteiger partial charge in [-0.05, 0) is 56.9 Å². The molecule has 0 radical (unpaired) electrons. The summed E-state index contributed by atoms with van der Waals surface area (Å²) in [6.07, 6.45) is -58.8. The van der Waals surface area contributed by atoms with Crippen LogP contribution >= 0.6 is 0 Å². The van der Waals surface area contributed by atoms with E-state index in [0.717, 1.165) is 38.9 Å². The third kappa shape index (κ3) is 33.7. The van der Waals surface area contributed by atoms with E-state index >= 15 is 4.39 Å². The van der Waals surface area contributed by atoms with Crippen molar-refractivity contribution in [1.29, 1.82) is 0 Å². The van der Waals surface area contributed by atoms with E-state index < -0.39 is 321 Å². The number of carbonyl (C=O) groups is 8. The zero-order valence-corrected chi connectivity index (χ0v) is 83.4. The number of ether oxygens (including phenoxy) is 20. The SMILES string of the molecule is CCCCCNC(=O)CC[C@H](NC(=O)OCc1ccccc1)C(=O)NCC(=O)NCCOCCOCCOCCn1nnc2c1CCCCCC2(F)C(=O)NCCCCCC(=O)NCC(O)C1O[C@@](OC=O)(O[C@@H]2C(O[C@@H]3OC(CO)[C@@H](O)[C@H](O[C@@H]4OC(CO)[C@@H](O[C@@H]5OC(CO[C@@H]6OC(CO)[C@H](O)[C@H](O)C6O)[C@H](O)[C@H](O[C@@H]6OC(CO)[C@@H](OC)[C@H](O)C6C)C5O)[C@H](O)C4O)C3O)[C@H](OC)OC(CO)[C@@H]2O)C[C@@H](O)[C@@H]1NC(C)=O. The number of amides is 7. The molecule has 25 N–H and O–H groups in total. The first-order valence-corrected chi connectivity index (χ1v) is 50.0. The third-order valence-corrected chi connectivity index (χ3v) is 26.7. The van der Waals surface area contributed by atoms with Crippen LogP contribution < -0.4 is 37.2 Å². The van der Waals surface area contributed by atoms with Crippen molar-refractivity contribution < 1.29 is 229 Å². The highest BCUT2D eigenvalue weighted by Gasteiger charge is 2.62. The summed E-state index contributed by atoms with van der Waals surface area (Å²) in [7, 11) is 2.26. The predicted molar refractivity (Wildman–Crippen MR) is 493 cm³/mol. The molecule has 7 saturated heterocycles. The van der Waals surface area contributed by atoms with Crippen molar-refractivity contribution in [2.75, 3.05) is 126 Å². The van der Waals surface area contributed by atoms with Gasteiger partial charge in [-0.1, -0.05) is 75.1 Å². The molecule has 7 aliphatic heterocycles. The van der Waals surface area contributed by atoms with Crippen LogP contribution in [0.15, 0.2) is 30.3 Å². The van der Waals surface area contributed by atoms with E-state index in [1.807, 2.05) is 13.0 Å². The number of alkyl halides is 1. The summed E-state index contributed by atoms with van der Waals surface area (Å²) in [5.41, 5.74) is -1.50. The molecule has 149 heavy (non-hydrogen) atoms. The van der Waals surface area contributed by atoms with Crippen LogP contribution in [0.1, 0.15) is 128 Å². The van der Waals surface area contributed by atoms with Crippen molar-refractivity contribution >= 4 is 48.0 Å². The van der Waals surface area contributed by atoms with Crippen molar-refractivity contribution in [3.63, 3.8) is 0 Å². The van der Waals surface area contributed by atoms with E-state index in [-0.39, 0.29) is 122 Å². The van der Waals surface area contributed by atoms with Gasteiger partial charge in [0.05, 0.1) is 129 Å². The Morgan fingerprint density at radius 3 is 1.77 bits per heavy atom. The van der Waals surface area contributed by atoms with Gasteiger partial charge in [-0.2, -0.15) is 0 Å². The standard InChI is InChI=1S/C92H149FN10O46/c1-6-7-16-25-94-60(114)23-22-49(100-90(129)136-43-48-18-11-8-12-19-48)82(127)98-37-61(115)95-27-29-132-31-33-134-34-32-133-30-28-103-50-20-13-9-15-24-91(93,81(50)101-102-103)89(128)96-26-17-10-14-21-59(113)97-36-52(112)74-62(99-47(3)110)51(111)35-92(148-74,137-45-109)149-79-66(119)55(40-106)140-88(131-5)80(79)147-86-72(125)77(65(118)54(39-105)139-86)146-85-71(124)69(122)76(57(42-108)142-85)144-87-73(126)78(145-83-46(2)63(116)75(130-4)56(41-107)141-83)67(120)58(143-87)44-135-84-70(123)68(121)64(117)53(38-104)138-84/h8,11-12,18-19,45-46,49,51-58,62-80,83-88,104-108,111-112,116-126H,6-7,9-10,13-17,20-44H2,1-5H3,(H,94,114)(H,95,115)(H,96,128)(H,97,113)(H,98,127)(H,99,110)(H,100,129)/t46?,49-,51+,52?,53?,54?,55?,56?,57?,58?,62-,63+,64-,65+,66-,67-,68-,69+,70?,71?,72?,73?,74?,75+,76+,77-,78-,79-,80?,83-,84+,85-,86-,87-,88+,91?,92+/m0/s1. The highest BCUT2D eigenvalue weighted by Crippen LogP contribution is 2.43. The Hall–Kier alpha value is -7.59. The van der Waals surface area contributed by atoms with Crippen molar-refractivity contribution in [3.05, 3.63) is 47.3 Å². The number of alkyl carbamates (subject to hydrolysis) is 1. The number of carbonyl (C=O) groups excluding carboxylic acids is 8. The van der Waals surface area contributed by atoms with Crippen molar-refractivity contribution in [1.82, 2.24) is 52.2 Å². The molecule has 2 aromatic rings. The van der Waals surface area contributed by atoms with Crippen molar-refractivity contribution in [2.24, 2.45) is 5.92 Å². The molecule has 0 saturated carbocycles.